The maximum atomic E-state index is 11.0. The van der Waals surface area contributed by atoms with E-state index in [4.69, 9.17) is 4.74 Å². The molecule has 66 valence electrons. The number of ketones is 1. The fourth-order valence-electron chi connectivity index (χ4n) is 1.47. The topological polar surface area (TPSA) is 60.4 Å². The monoisotopic (exact) mass is 170 g/mol. The van der Waals surface area contributed by atoms with Crippen LogP contribution in [0.5, 0.6) is 0 Å². The molecule has 0 aromatic heterocycles. The third kappa shape index (κ3) is 1.24. The Labute approximate surface area is 69.9 Å². The van der Waals surface area contributed by atoms with Crippen molar-refractivity contribution in [3.63, 3.8) is 0 Å². The highest BCUT2D eigenvalue weighted by Crippen LogP contribution is 2.27. The predicted octanol–water partition coefficient (Wildman–Crippen LogP) is -0.0480. The summed E-state index contributed by atoms with van der Waals surface area (Å²) in [4.78, 5) is 32.1. The van der Waals surface area contributed by atoms with E-state index in [9.17, 15) is 14.4 Å². The van der Waals surface area contributed by atoms with Gasteiger partial charge in [-0.25, -0.2) is 0 Å². The third-order valence-electron chi connectivity index (χ3n) is 2.16. The predicted molar refractivity (Wildman–Crippen MR) is 39.3 cm³/mol. The van der Waals surface area contributed by atoms with Crippen molar-refractivity contribution >= 4 is 18.0 Å². The summed E-state index contributed by atoms with van der Waals surface area (Å²) in [6.45, 7) is 3.21. The summed E-state index contributed by atoms with van der Waals surface area (Å²) < 4.78 is 4.79. The quantitative estimate of drug-likeness (QED) is 0.331. The molecule has 1 aliphatic rings. The molecule has 0 aromatic carbocycles. The van der Waals surface area contributed by atoms with Gasteiger partial charge in [0.2, 0.25) is 5.78 Å². The molecule has 1 rings (SSSR count). The van der Waals surface area contributed by atoms with Crippen molar-refractivity contribution in [3.05, 3.63) is 0 Å². The molecule has 0 amide bonds. The molecule has 12 heavy (non-hydrogen) atoms. The zero-order chi connectivity index (χ0) is 9.30. The number of ether oxygens (including phenoxy) is 1. The summed E-state index contributed by atoms with van der Waals surface area (Å²) in [7, 11) is 0. The summed E-state index contributed by atoms with van der Waals surface area (Å²) >= 11 is 0. The summed E-state index contributed by atoms with van der Waals surface area (Å²) in [6.07, 6.45) is -0.218. The Kier molecular flexibility index (Phi) is 2.26. The molecular formula is C8H10O4. The molecule has 3 atom stereocenters. The second-order valence-corrected chi connectivity index (χ2v) is 2.98. The third-order valence-corrected chi connectivity index (χ3v) is 2.16. The first-order valence-corrected chi connectivity index (χ1v) is 3.77. The first-order chi connectivity index (χ1) is 5.57. The normalized spacial score (nSPS) is 34.5. The van der Waals surface area contributed by atoms with Crippen LogP contribution in [0.3, 0.4) is 0 Å². The van der Waals surface area contributed by atoms with Crippen LogP contribution in [0.2, 0.25) is 0 Å². The van der Waals surface area contributed by atoms with Crippen molar-refractivity contribution in [2.24, 2.45) is 11.8 Å². The average molecular weight is 170 g/mol. The number of Topliss-reactive ketones (excluding diaryl/α,β-unsaturated/α-hetero) is 1. The Hall–Kier alpha value is -1.19. The standard InChI is InChI=1S/C8H10O4/c1-4-7(6(10)3-9)5(2)12-8(4)11/h3-5,7H,1-2H3/t4?,5-,7?/m0/s1. The van der Waals surface area contributed by atoms with Crippen molar-refractivity contribution in [3.8, 4) is 0 Å². The van der Waals surface area contributed by atoms with E-state index in [2.05, 4.69) is 0 Å². The van der Waals surface area contributed by atoms with Gasteiger partial charge in [-0.15, -0.1) is 0 Å². The highest BCUT2D eigenvalue weighted by molar-refractivity contribution is 6.27. The molecule has 1 heterocycles. The zero-order valence-electron chi connectivity index (χ0n) is 6.94. The number of esters is 1. The van der Waals surface area contributed by atoms with Crippen molar-refractivity contribution < 1.29 is 19.1 Å². The number of hydrogen-bond acceptors (Lipinski definition) is 4. The number of hydrogen-bond donors (Lipinski definition) is 0. The Bertz CT molecular complexity index is 233. The van der Waals surface area contributed by atoms with Gasteiger partial charge in [-0.05, 0) is 6.92 Å². The first-order valence-electron chi connectivity index (χ1n) is 3.77. The van der Waals surface area contributed by atoms with Gasteiger partial charge in [-0.1, -0.05) is 6.92 Å². The number of cyclic esters (lactones) is 1. The molecular weight excluding hydrogens is 160 g/mol. The first kappa shape index (κ1) is 8.90. The maximum Gasteiger partial charge on any atom is 0.309 e. The SMILES string of the molecule is CC1C(=O)O[C@@H](C)C1C(=O)C=O. The van der Waals surface area contributed by atoms with E-state index >= 15 is 0 Å². The van der Waals surface area contributed by atoms with Gasteiger partial charge in [-0.3, -0.25) is 14.4 Å². The lowest BCUT2D eigenvalue weighted by molar-refractivity contribution is -0.143. The van der Waals surface area contributed by atoms with Crippen molar-refractivity contribution in [2.75, 3.05) is 0 Å². The van der Waals surface area contributed by atoms with E-state index in [1.807, 2.05) is 0 Å². The minimum atomic E-state index is -0.588. The fourth-order valence-corrected chi connectivity index (χ4v) is 1.47. The van der Waals surface area contributed by atoms with Gasteiger partial charge in [0, 0.05) is 0 Å². The van der Waals surface area contributed by atoms with Gasteiger partial charge in [0.25, 0.3) is 0 Å². The summed E-state index contributed by atoms with van der Waals surface area (Å²) in [5, 5.41) is 0. The highest BCUT2D eigenvalue weighted by Gasteiger charge is 2.43. The molecule has 1 aliphatic heterocycles. The van der Waals surface area contributed by atoms with E-state index in [0.717, 1.165) is 0 Å². The van der Waals surface area contributed by atoms with E-state index in [1.165, 1.54) is 0 Å². The van der Waals surface area contributed by atoms with E-state index < -0.39 is 29.7 Å². The molecule has 4 nitrogen and oxygen atoms in total. The van der Waals surface area contributed by atoms with Crippen LogP contribution in [0.1, 0.15) is 13.8 Å². The second kappa shape index (κ2) is 3.05. The Morgan fingerprint density at radius 3 is 2.42 bits per heavy atom. The Morgan fingerprint density at radius 1 is 1.50 bits per heavy atom. The molecule has 0 spiro atoms. The van der Waals surface area contributed by atoms with E-state index in [1.54, 1.807) is 13.8 Å². The molecule has 1 fully saturated rings. The fraction of sp³-hybridized carbons (Fsp3) is 0.625. The van der Waals surface area contributed by atoms with Crippen LogP contribution in [-0.2, 0) is 19.1 Å². The van der Waals surface area contributed by atoms with Crippen LogP contribution in [0.15, 0.2) is 0 Å². The minimum absolute atomic E-state index is 0.250. The molecule has 1 saturated heterocycles. The zero-order valence-corrected chi connectivity index (χ0v) is 6.94. The number of carbonyl (C=O) groups is 3. The number of aldehydes is 1. The van der Waals surface area contributed by atoms with Gasteiger partial charge >= 0.3 is 5.97 Å². The Balaban J connectivity index is 2.82. The largest absolute Gasteiger partial charge is 0.462 e. The molecule has 0 bridgehead atoms. The van der Waals surface area contributed by atoms with Crippen molar-refractivity contribution in [2.45, 2.75) is 20.0 Å². The molecule has 0 aromatic rings. The lowest BCUT2D eigenvalue weighted by Crippen LogP contribution is -2.27. The van der Waals surface area contributed by atoms with Gasteiger partial charge in [0.05, 0.1) is 11.8 Å². The summed E-state index contributed by atoms with van der Waals surface area (Å²) in [5.74, 6) is -2.03. The molecule has 2 unspecified atom stereocenters. The molecule has 0 aliphatic carbocycles. The average Bonchev–Trinajstić information content (AvgIpc) is 2.26. The van der Waals surface area contributed by atoms with Gasteiger partial charge in [0.15, 0.2) is 6.29 Å². The van der Waals surface area contributed by atoms with Crippen LogP contribution in [0, 0.1) is 11.8 Å². The minimum Gasteiger partial charge on any atom is -0.462 e. The van der Waals surface area contributed by atoms with Gasteiger partial charge in [-0.2, -0.15) is 0 Å². The van der Waals surface area contributed by atoms with Crippen molar-refractivity contribution in [1.82, 2.24) is 0 Å². The van der Waals surface area contributed by atoms with Crippen molar-refractivity contribution in [1.29, 1.82) is 0 Å². The van der Waals surface area contributed by atoms with E-state index in [-0.39, 0.29) is 6.29 Å². The molecule has 0 radical (unpaired) electrons. The van der Waals surface area contributed by atoms with Crippen LogP contribution in [0.25, 0.3) is 0 Å². The second-order valence-electron chi connectivity index (χ2n) is 2.98. The van der Waals surface area contributed by atoms with Crippen LogP contribution in [0.4, 0.5) is 0 Å². The van der Waals surface area contributed by atoms with Crippen LogP contribution in [-0.4, -0.2) is 24.1 Å². The van der Waals surface area contributed by atoms with Gasteiger partial charge in [0.1, 0.15) is 6.10 Å². The van der Waals surface area contributed by atoms with Crippen LogP contribution < -0.4 is 0 Å². The highest BCUT2D eigenvalue weighted by atomic mass is 16.6. The lowest BCUT2D eigenvalue weighted by atomic mass is 9.89. The molecule has 0 saturated carbocycles. The number of carbonyl (C=O) groups excluding carboxylic acids is 3. The summed E-state index contributed by atoms with van der Waals surface area (Å²) in [6, 6.07) is 0. The van der Waals surface area contributed by atoms with E-state index in [0.29, 0.717) is 0 Å². The number of rotatable bonds is 2. The molecule has 4 heteroatoms. The lowest BCUT2D eigenvalue weighted by Gasteiger charge is -2.09. The smallest absolute Gasteiger partial charge is 0.309 e. The Morgan fingerprint density at radius 2 is 2.08 bits per heavy atom. The summed E-state index contributed by atoms with van der Waals surface area (Å²) in [5.41, 5.74) is 0. The van der Waals surface area contributed by atoms with Crippen LogP contribution >= 0.6 is 0 Å². The van der Waals surface area contributed by atoms with Gasteiger partial charge < -0.3 is 4.74 Å². The molecule has 0 N–H and O–H groups in total. The maximum absolute atomic E-state index is 11.0.